The molecule has 0 aromatic heterocycles. The van der Waals surface area contributed by atoms with Gasteiger partial charge >= 0.3 is 0 Å². The summed E-state index contributed by atoms with van der Waals surface area (Å²) in [6.07, 6.45) is 0. The van der Waals surface area contributed by atoms with Gasteiger partial charge in [0.2, 0.25) is 0 Å². The van der Waals surface area contributed by atoms with E-state index in [0.717, 1.165) is 27.8 Å². The standard InChI is InChI=1S/C27H26N2O3/c1-16-10-12-22(19(4)13-16)24-25(28-20-7-6-8-21(15-20)32-5)27(31)29(26(24)30)23-14-17(2)9-11-18(23)3/h6-15,28H,1-5H3. The number of nitrogens with zero attached hydrogens (tertiary/aromatic N) is 1. The summed E-state index contributed by atoms with van der Waals surface area (Å²) in [5.74, 6) is -0.0469. The van der Waals surface area contributed by atoms with Crippen LogP contribution in [0.3, 0.4) is 0 Å². The molecule has 5 heteroatoms. The molecule has 162 valence electrons. The molecule has 0 bridgehead atoms. The highest BCUT2D eigenvalue weighted by Crippen LogP contribution is 2.37. The molecule has 0 spiro atoms. The molecule has 32 heavy (non-hydrogen) atoms. The van der Waals surface area contributed by atoms with Gasteiger partial charge in [0.15, 0.2) is 0 Å². The van der Waals surface area contributed by atoms with Crippen molar-refractivity contribution in [3.63, 3.8) is 0 Å². The van der Waals surface area contributed by atoms with Crippen LogP contribution >= 0.6 is 0 Å². The molecule has 0 aliphatic carbocycles. The third kappa shape index (κ3) is 3.78. The minimum Gasteiger partial charge on any atom is -0.497 e. The van der Waals surface area contributed by atoms with E-state index in [2.05, 4.69) is 5.32 Å². The molecule has 4 rings (SSSR count). The lowest BCUT2D eigenvalue weighted by molar-refractivity contribution is -0.120. The van der Waals surface area contributed by atoms with E-state index in [-0.39, 0.29) is 17.5 Å². The van der Waals surface area contributed by atoms with Gasteiger partial charge in [-0.25, -0.2) is 4.90 Å². The SMILES string of the molecule is COc1cccc(NC2=C(c3ccc(C)cc3C)C(=O)N(c3cc(C)ccc3C)C2=O)c1. The van der Waals surface area contributed by atoms with E-state index in [1.165, 1.54) is 4.90 Å². The largest absolute Gasteiger partial charge is 0.497 e. The number of imide groups is 1. The second-order valence-electron chi connectivity index (χ2n) is 8.16. The van der Waals surface area contributed by atoms with Gasteiger partial charge < -0.3 is 10.1 Å². The molecular weight excluding hydrogens is 400 g/mol. The Bertz CT molecular complexity index is 1270. The van der Waals surface area contributed by atoms with E-state index >= 15 is 0 Å². The zero-order valence-electron chi connectivity index (χ0n) is 18.9. The van der Waals surface area contributed by atoms with Crippen molar-refractivity contribution < 1.29 is 14.3 Å². The average molecular weight is 427 g/mol. The van der Waals surface area contributed by atoms with E-state index in [4.69, 9.17) is 4.74 Å². The maximum Gasteiger partial charge on any atom is 0.282 e. The molecule has 0 radical (unpaired) electrons. The number of rotatable bonds is 5. The number of methoxy groups -OCH3 is 1. The maximum atomic E-state index is 13.7. The van der Waals surface area contributed by atoms with Gasteiger partial charge in [0.1, 0.15) is 11.4 Å². The van der Waals surface area contributed by atoms with E-state index in [9.17, 15) is 9.59 Å². The van der Waals surface area contributed by atoms with Crippen molar-refractivity contribution in [2.24, 2.45) is 0 Å². The molecule has 0 unspecified atom stereocenters. The van der Waals surface area contributed by atoms with Crippen LogP contribution in [0.1, 0.15) is 27.8 Å². The summed E-state index contributed by atoms with van der Waals surface area (Å²) in [4.78, 5) is 28.7. The van der Waals surface area contributed by atoms with Gasteiger partial charge in [-0.3, -0.25) is 9.59 Å². The summed E-state index contributed by atoms with van der Waals surface area (Å²) in [5, 5.41) is 3.21. The minimum atomic E-state index is -0.374. The number of aryl methyl sites for hydroxylation is 4. The lowest BCUT2D eigenvalue weighted by Crippen LogP contribution is -2.33. The maximum absolute atomic E-state index is 13.7. The van der Waals surface area contributed by atoms with Crippen molar-refractivity contribution in [1.82, 2.24) is 0 Å². The van der Waals surface area contributed by atoms with Crippen LogP contribution in [0, 0.1) is 27.7 Å². The molecule has 5 nitrogen and oxygen atoms in total. The van der Waals surface area contributed by atoms with Gasteiger partial charge in [-0.05, 0) is 68.1 Å². The molecule has 1 heterocycles. The third-order valence-corrected chi connectivity index (χ3v) is 5.68. The summed E-state index contributed by atoms with van der Waals surface area (Å²) in [5.41, 5.74) is 6.52. The fraction of sp³-hybridized carbons (Fsp3) is 0.185. The second-order valence-corrected chi connectivity index (χ2v) is 8.16. The van der Waals surface area contributed by atoms with Crippen molar-refractivity contribution in [2.45, 2.75) is 27.7 Å². The zero-order valence-corrected chi connectivity index (χ0v) is 18.9. The Morgan fingerprint density at radius 2 is 1.50 bits per heavy atom. The van der Waals surface area contributed by atoms with Crippen LogP contribution < -0.4 is 15.0 Å². The highest BCUT2D eigenvalue weighted by atomic mass is 16.5. The highest BCUT2D eigenvalue weighted by molar-refractivity contribution is 6.46. The van der Waals surface area contributed by atoms with E-state index in [0.29, 0.717) is 22.7 Å². The number of hydrogen-bond acceptors (Lipinski definition) is 4. The highest BCUT2D eigenvalue weighted by Gasteiger charge is 2.41. The summed E-state index contributed by atoms with van der Waals surface area (Å²) in [6.45, 7) is 7.81. The van der Waals surface area contributed by atoms with Gasteiger partial charge in [0.05, 0.1) is 18.4 Å². The molecule has 1 N–H and O–H groups in total. The van der Waals surface area contributed by atoms with E-state index in [1.54, 1.807) is 13.2 Å². The van der Waals surface area contributed by atoms with Gasteiger partial charge in [0.25, 0.3) is 11.8 Å². The number of carbonyl (C=O) groups is 2. The minimum absolute atomic E-state index is 0.260. The molecule has 0 fully saturated rings. The Labute approximate surface area is 188 Å². The first kappa shape index (κ1) is 21.4. The monoisotopic (exact) mass is 426 g/mol. The number of nitrogens with one attached hydrogen (secondary N) is 1. The first-order valence-corrected chi connectivity index (χ1v) is 10.5. The van der Waals surface area contributed by atoms with Crippen LogP contribution in [0.2, 0.25) is 0 Å². The van der Waals surface area contributed by atoms with E-state index in [1.807, 2.05) is 82.3 Å². The molecule has 2 amide bonds. The van der Waals surface area contributed by atoms with Crippen LogP contribution in [-0.4, -0.2) is 18.9 Å². The first-order valence-electron chi connectivity index (χ1n) is 10.5. The van der Waals surface area contributed by atoms with Crippen LogP contribution in [0.4, 0.5) is 11.4 Å². The zero-order chi connectivity index (χ0) is 23.0. The molecule has 0 saturated carbocycles. The summed E-state index contributed by atoms with van der Waals surface area (Å²) < 4.78 is 5.31. The van der Waals surface area contributed by atoms with Crippen molar-refractivity contribution in [3.05, 3.63) is 94.2 Å². The summed E-state index contributed by atoms with van der Waals surface area (Å²) >= 11 is 0. The van der Waals surface area contributed by atoms with Crippen molar-refractivity contribution >= 4 is 28.8 Å². The number of carbonyl (C=O) groups excluding carboxylic acids is 2. The van der Waals surface area contributed by atoms with Crippen LogP contribution in [-0.2, 0) is 9.59 Å². The summed E-state index contributed by atoms with van der Waals surface area (Å²) in [7, 11) is 1.59. The molecule has 0 saturated heterocycles. The Morgan fingerprint density at radius 1 is 0.781 bits per heavy atom. The number of amides is 2. The van der Waals surface area contributed by atoms with Crippen molar-refractivity contribution in [2.75, 3.05) is 17.3 Å². The fourth-order valence-corrected chi connectivity index (χ4v) is 4.01. The number of hydrogen-bond donors (Lipinski definition) is 1. The van der Waals surface area contributed by atoms with Crippen LogP contribution in [0.15, 0.2) is 66.4 Å². The second kappa shape index (κ2) is 8.35. The van der Waals surface area contributed by atoms with Gasteiger partial charge in [0, 0.05) is 11.8 Å². The molecule has 0 atom stereocenters. The molecule has 1 aliphatic heterocycles. The molecule has 3 aromatic rings. The normalized spacial score (nSPS) is 13.7. The third-order valence-electron chi connectivity index (χ3n) is 5.68. The lowest BCUT2D eigenvalue weighted by atomic mass is 9.97. The van der Waals surface area contributed by atoms with Crippen molar-refractivity contribution in [3.8, 4) is 5.75 Å². The van der Waals surface area contributed by atoms with Gasteiger partial charge in [-0.2, -0.15) is 0 Å². The van der Waals surface area contributed by atoms with Gasteiger partial charge in [-0.15, -0.1) is 0 Å². The lowest BCUT2D eigenvalue weighted by Gasteiger charge is -2.18. The Morgan fingerprint density at radius 3 is 2.22 bits per heavy atom. The molecule has 1 aliphatic rings. The Balaban J connectivity index is 1.88. The average Bonchev–Trinajstić information content (AvgIpc) is 3.00. The predicted octanol–water partition coefficient (Wildman–Crippen LogP) is 5.33. The number of ether oxygens (including phenoxy) is 1. The fourth-order valence-electron chi connectivity index (χ4n) is 4.01. The van der Waals surface area contributed by atoms with Gasteiger partial charge in [-0.1, -0.05) is 42.0 Å². The smallest absolute Gasteiger partial charge is 0.282 e. The number of benzene rings is 3. The van der Waals surface area contributed by atoms with E-state index < -0.39 is 0 Å². The summed E-state index contributed by atoms with van der Waals surface area (Å²) in [6, 6.07) is 19.0. The predicted molar refractivity (Wildman–Crippen MR) is 128 cm³/mol. The quantitative estimate of drug-likeness (QED) is 0.561. The Kier molecular flexibility index (Phi) is 5.57. The van der Waals surface area contributed by atoms with Crippen LogP contribution in [0.25, 0.3) is 5.57 Å². The number of anilines is 2. The molecular formula is C27H26N2O3. The topological polar surface area (TPSA) is 58.6 Å². The first-order chi connectivity index (χ1) is 15.3. The van der Waals surface area contributed by atoms with Crippen LogP contribution in [0.5, 0.6) is 5.75 Å². The molecule has 3 aromatic carbocycles. The van der Waals surface area contributed by atoms with Crippen molar-refractivity contribution in [1.29, 1.82) is 0 Å². The Hall–Kier alpha value is -3.86.